The maximum Gasteiger partial charge on any atom is 0.253 e. The molecule has 0 radical (unpaired) electrons. The third kappa shape index (κ3) is 3.73. The van der Waals surface area contributed by atoms with E-state index in [-0.39, 0.29) is 18.6 Å². The van der Waals surface area contributed by atoms with Crippen LogP contribution in [0.2, 0.25) is 5.02 Å². The molecule has 4 nitrogen and oxygen atoms in total. The fourth-order valence-electron chi connectivity index (χ4n) is 2.08. The van der Waals surface area contributed by atoms with E-state index in [0.29, 0.717) is 16.3 Å². The molecule has 3 N–H and O–H groups in total. The number of hydrogen-bond donors (Lipinski definition) is 2. The van der Waals surface area contributed by atoms with Crippen LogP contribution in [0.1, 0.15) is 25.3 Å². The smallest absolute Gasteiger partial charge is 0.253 e. The molecule has 1 heterocycles. The zero-order chi connectivity index (χ0) is 14.5. The fraction of sp³-hybridized carbons (Fsp3) is 0.400. The van der Waals surface area contributed by atoms with Crippen molar-refractivity contribution < 1.29 is 9.53 Å². The van der Waals surface area contributed by atoms with E-state index < -0.39 is 6.10 Å². The zero-order valence-electron chi connectivity index (χ0n) is 11.3. The Kier molecular flexibility index (Phi) is 5.02. The summed E-state index contributed by atoms with van der Waals surface area (Å²) in [6, 6.07) is 5.15. The number of rotatable bonds is 2. The molecule has 106 valence electrons. The second-order valence-electron chi connectivity index (χ2n) is 4.70. The summed E-state index contributed by atoms with van der Waals surface area (Å²) in [4.78, 5) is 12.1. The normalized spacial score (nSPS) is 21.1. The molecule has 2 unspecified atom stereocenters. The summed E-state index contributed by atoms with van der Waals surface area (Å²) < 4.78 is 5.55. The maximum atomic E-state index is 12.1. The number of carbonyl (C=O) groups excluding carboxylic acids is 1. The van der Waals surface area contributed by atoms with Gasteiger partial charge in [-0.3, -0.25) is 4.79 Å². The Morgan fingerprint density at radius 1 is 1.55 bits per heavy atom. The number of nitrogens with two attached hydrogens (primary N) is 1. The minimum atomic E-state index is -0.393. The Hall–Kier alpha value is -1.54. The standard InChI is InChI=1S/C15H17ClN2O2/c1-10-4-7-14(20-10)15(19)18-13-6-5-12(16)9-11(13)3-2-8-17/h5-6,9-10,14H,4,7-8,17H2,1H3,(H,18,19). The van der Waals surface area contributed by atoms with Crippen molar-refractivity contribution in [1.82, 2.24) is 0 Å². The van der Waals surface area contributed by atoms with Crippen molar-refractivity contribution in [2.75, 3.05) is 11.9 Å². The number of benzene rings is 1. The molecule has 1 aliphatic heterocycles. The van der Waals surface area contributed by atoms with Crippen molar-refractivity contribution in [1.29, 1.82) is 0 Å². The predicted octanol–water partition coefficient (Wildman–Crippen LogP) is 2.16. The molecule has 1 amide bonds. The molecule has 1 saturated heterocycles. The van der Waals surface area contributed by atoms with E-state index in [1.165, 1.54) is 0 Å². The first-order valence-corrected chi connectivity index (χ1v) is 6.92. The van der Waals surface area contributed by atoms with Crippen molar-refractivity contribution in [3.05, 3.63) is 28.8 Å². The van der Waals surface area contributed by atoms with Gasteiger partial charge in [-0.15, -0.1) is 0 Å². The molecule has 1 aliphatic rings. The van der Waals surface area contributed by atoms with Crippen LogP contribution in [-0.4, -0.2) is 24.7 Å². The van der Waals surface area contributed by atoms with Crippen LogP contribution in [0.4, 0.5) is 5.69 Å². The third-order valence-corrected chi connectivity index (χ3v) is 3.32. The molecule has 1 aromatic rings. The van der Waals surface area contributed by atoms with Crippen LogP contribution in [0.15, 0.2) is 18.2 Å². The van der Waals surface area contributed by atoms with E-state index in [9.17, 15) is 4.79 Å². The number of hydrogen-bond acceptors (Lipinski definition) is 3. The van der Waals surface area contributed by atoms with Crippen molar-refractivity contribution in [3.63, 3.8) is 0 Å². The van der Waals surface area contributed by atoms with Gasteiger partial charge in [0.05, 0.1) is 18.3 Å². The number of carbonyl (C=O) groups is 1. The highest BCUT2D eigenvalue weighted by atomic mass is 35.5. The minimum absolute atomic E-state index is 0.132. The fourth-order valence-corrected chi connectivity index (χ4v) is 2.26. The summed E-state index contributed by atoms with van der Waals surface area (Å²) >= 11 is 5.94. The minimum Gasteiger partial charge on any atom is -0.365 e. The Bertz CT molecular complexity index is 563. The lowest BCUT2D eigenvalue weighted by molar-refractivity contribution is -0.126. The van der Waals surface area contributed by atoms with Crippen LogP contribution in [0.25, 0.3) is 0 Å². The summed E-state index contributed by atoms with van der Waals surface area (Å²) in [5, 5.41) is 3.41. The Morgan fingerprint density at radius 3 is 3.00 bits per heavy atom. The Labute approximate surface area is 123 Å². The lowest BCUT2D eigenvalue weighted by atomic mass is 10.1. The molecule has 0 spiro atoms. The van der Waals surface area contributed by atoms with Gasteiger partial charge in [-0.1, -0.05) is 23.4 Å². The highest BCUT2D eigenvalue weighted by molar-refractivity contribution is 6.30. The van der Waals surface area contributed by atoms with Crippen LogP contribution in [-0.2, 0) is 9.53 Å². The molecule has 20 heavy (non-hydrogen) atoms. The van der Waals surface area contributed by atoms with Crippen LogP contribution in [0, 0.1) is 11.8 Å². The molecule has 2 rings (SSSR count). The highest BCUT2D eigenvalue weighted by Gasteiger charge is 2.28. The van der Waals surface area contributed by atoms with Crippen molar-refractivity contribution in [2.24, 2.45) is 5.73 Å². The largest absolute Gasteiger partial charge is 0.365 e. The topological polar surface area (TPSA) is 64.4 Å². The molecule has 1 fully saturated rings. The summed E-state index contributed by atoms with van der Waals surface area (Å²) in [7, 11) is 0. The van der Waals surface area contributed by atoms with E-state index in [2.05, 4.69) is 17.2 Å². The second kappa shape index (κ2) is 6.76. The predicted molar refractivity (Wildman–Crippen MR) is 79.6 cm³/mol. The molecular weight excluding hydrogens is 276 g/mol. The third-order valence-electron chi connectivity index (χ3n) is 3.09. The van der Waals surface area contributed by atoms with E-state index in [1.54, 1.807) is 18.2 Å². The van der Waals surface area contributed by atoms with Gasteiger partial charge in [-0.2, -0.15) is 0 Å². The number of ether oxygens (including phenoxy) is 1. The van der Waals surface area contributed by atoms with Crippen LogP contribution in [0.3, 0.4) is 0 Å². The van der Waals surface area contributed by atoms with Gasteiger partial charge in [0.25, 0.3) is 5.91 Å². The lowest BCUT2D eigenvalue weighted by Crippen LogP contribution is -2.28. The van der Waals surface area contributed by atoms with Gasteiger partial charge < -0.3 is 15.8 Å². The maximum absolute atomic E-state index is 12.1. The van der Waals surface area contributed by atoms with Gasteiger partial charge in [-0.05, 0) is 38.0 Å². The monoisotopic (exact) mass is 292 g/mol. The summed E-state index contributed by atoms with van der Waals surface area (Å²) in [5.41, 5.74) is 6.65. The molecule has 0 aromatic heterocycles. The van der Waals surface area contributed by atoms with Gasteiger partial charge in [0.15, 0.2) is 0 Å². The summed E-state index contributed by atoms with van der Waals surface area (Å²) in [5.74, 6) is 5.52. The second-order valence-corrected chi connectivity index (χ2v) is 5.13. The van der Waals surface area contributed by atoms with Gasteiger partial charge >= 0.3 is 0 Å². The number of amides is 1. The quantitative estimate of drug-likeness (QED) is 0.821. The van der Waals surface area contributed by atoms with Crippen molar-refractivity contribution in [3.8, 4) is 11.8 Å². The first-order chi connectivity index (χ1) is 9.60. The first kappa shape index (κ1) is 14.9. The molecule has 2 atom stereocenters. The highest BCUT2D eigenvalue weighted by Crippen LogP contribution is 2.23. The van der Waals surface area contributed by atoms with E-state index >= 15 is 0 Å². The van der Waals surface area contributed by atoms with Crippen LogP contribution in [0.5, 0.6) is 0 Å². The molecule has 1 aromatic carbocycles. The van der Waals surface area contributed by atoms with Crippen LogP contribution < -0.4 is 11.1 Å². The zero-order valence-corrected chi connectivity index (χ0v) is 12.0. The van der Waals surface area contributed by atoms with Gasteiger partial charge in [0.2, 0.25) is 0 Å². The SMILES string of the molecule is CC1CCC(C(=O)Nc2ccc(Cl)cc2C#CCN)O1. The number of halogens is 1. The molecular formula is C15H17ClN2O2. The lowest BCUT2D eigenvalue weighted by Gasteiger charge is -2.13. The van der Waals surface area contributed by atoms with E-state index in [0.717, 1.165) is 12.8 Å². The van der Waals surface area contributed by atoms with E-state index in [4.69, 9.17) is 22.1 Å². The molecule has 0 bridgehead atoms. The van der Waals surface area contributed by atoms with E-state index in [1.807, 2.05) is 6.92 Å². The Balaban J connectivity index is 2.14. The average molecular weight is 293 g/mol. The van der Waals surface area contributed by atoms with Gasteiger partial charge in [0, 0.05) is 10.6 Å². The van der Waals surface area contributed by atoms with Gasteiger partial charge in [0.1, 0.15) is 6.10 Å². The summed E-state index contributed by atoms with van der Waals surface area (Å²) in [6.45, 7) is 2.22. The van der Waals surface area contributed by atoms with Crippen molar-refractivity contribution in [2.45, 2.75) is 32.0 Å². The number of anilines is 1. The average Bonchev–Trinajstić information content (AvgIpc) is 2.85. The Morgan fingerprint density at radius 2 is 2.35 bits per heavy atom. The van der Waals surface area contributed by atoms with Gasteiger partial charge in [-0.25, -0.2) is 0 Å². The molecule has 0 aliphatic carbocycles. The molecule has 5 heteroatoms. The first-order valence-electron chi connectivity index (χ1n) is 6.55. The summed E-state index contributed by atoms with van der Waals surface area (Å²) in [6.07, 6.45) is 1.38. The van der Waals surface area contributed by atoms with Crippen LogP contribution >= 0.6 is 11.6 Å². The molecule has 0 saturated carbocycles. The number of nitrogens with one attached hydrogen (secondary N) is 1. The van der Waals surface area contributed by atoms with Crippen molar-refractivity contribution >= 4 is 23.2 Å².